The molecule has 1 atom stereocenters. The van der Waals surface area contributed by atoms with Crippen LogP contribution in [0.5, 0.6) is 0 Å². The topological polar surface area (TPSA) is 0 Å². The van der Waals surface area contributed by atoms with Crippen molar-refractivity contribution in [2.75, 3.05) is 0 Å². The zero-order valence-corrected chi connectivity index (χ0v) is 8.70. The molecule has 0 aromatic carbocycles. The van der Waals surface area contributed by atoms with Crippen molar-refractivity contribution in [3.63, 3.8) is 0 Å². The molecule has 0 saturated carbocycles. The maximum atomic E-state index is 2.34. The SMILES string of the molecule is CCCC(C)CC(C)=C(C)C. The lowest BCUT2D eigenvalue weighted by molar-refractivity contribution is 0.518. The second kappa shape index (κ2) is 5.40. The fourth-order valence-corrected chi connectivity index (χ4v) is 1.32. The fourth-order valence-electron chi connectivity index (χ4n) is 1.32. The summed E-state index contributed by atoms with van der Waals surface area (Å²) in [5.74, 6) is 0.870. The number of hydrogen-bond donors (Lipinski definition) is 0. The Morgan fingerprint density at radius 1 is 1.18 bits per heavy atom. The molecule has 0 aliphatic carbocycles. The van der Waals surface area contributed by atoms with E-state index in [1.807, 2.05) is 0 Å². The lowest BCUT2D eigenvalue weighted by atomic mass is 9.96. The van der Waals surface area contributed by atoms with Gasteiger partial charge in [0.15, 0.2) is 0 Å². The normalized spacial score (nSPS) is 12.8. The molecule has 0 aliphatic rings. The van der Waals surface area contributed by atoms with Gasteiger partial charge in [-0.05, 0) is 33.1 Å². The van der Waals surface area contributed by atoms with E-state index in [1.165, 1.54) is 24.8 Å². The largest absolute Gasteiger partial charge is 0.0775 e. The molecule has 0 heterocycles. The van der Waals surface area contributed by atoms with Crippen LogP contribution >= 0.6 is 0 Å². The highest BCUT2D eigenvalue weighted by Crippen LogP contribution is 2.18. The van der Waals surface area contributed by atoms with Crippen LogP contribution in [-0.4, -0.2) is 0 Å². The van der Waals surface area contributed by atoms with Gasteiger partial charge in [-0.2, -0.15) is 0 Å². The van der Waals surface area contributed by atoms with Crippen molar-refractivity contribution in [1.29, 1.82) is 0 Å². The first-order chi connectivity index (χ1) is 5.07. The van der Waals surface area contributed by atoms with Crippen LogP contribution in [-0.2, 0) is 0 Å². The van der Waals surface area contributed by atoms with Gasteiger partial charge in [0.2, 0.25) is 0 Å². The van der Waals surface area contributed by atoms with E-state index in [2.05, 4.69) is 34.6 Å². The van der Waals surface area contributed by atoms with Gasteiger partial charge >= 0.3 is 0 Å². The van der Waals surface area contributed by atoms with E-state index in [4.69, 9.17) is 0 Å². The van der Waals surface area contributed by atoms with Crippen molar-refractivity contribution in [3.05, 3.63) is 11.1 Å². The first-order valence-electron chi connectivity index (χ1n) is 4.70. The standard InChI is InChI=1S/C11H22/c1-6-7-10(4)8-11(5)9(2)3/h10H,6-8H2,1-5H3. The molecule has 0 heteroatoms. The van der Waals surface area contributed by atoms with Gasteiger partial charge in [-0.25, -0.2) is 0 Å². The quantitative estimate of drug-likeness (QED) is 0.533. The Hall–Kier alpha value is -0.260. The third-order valence-corrected chi connectivity index (χ3v) is 2.29. The molecule has 0 rings (SSSR count). The highest BCUT2D eigenvalue weighted by atomic mass is 14.1. The molecular formula is C11H22. The third-order valence-electron chi connectivity index (χ3n) is 2.29. The van der Waals surface area contributed by atoms with Gasteiger partial charge in [-0.1, -0.05) is 37.8 Å². The summed E-state index contributed by atoms with van der Waals surface area (Å²) < 4.78 is 0. The van der Waals surface area contributed by atoms with Gasteiger partial charge in [0.05, 0.1) is 0 Å². The van der Waals surface area contributed by atoms with Crippen LogP contribution < -0.4 is 0 Å². The van der Waals surface area contributed by atoms with Crippen molar-refractivity contribution >= 4 is 0 Å². The summed E-state index contributed by atoms with van der Waals surface area (Å²) in [5, 5.41) is 0. The molecule has 0 aliphatic heterocycles. The summed E-state index contributed by atoms with van der Waals surface area (Å²) in [4.78, 5) is 0. The van der Waals surface area contributed by atoms with E-state index in [-0.39, 0.29) is 0 Å². The minimum Gasteiger partial charge on any atom is -0.0775 e. The highest BCUT2D eigenvalue weighted by molar-refractivity contribution is 5.06. The number of rotatable bonds is 4. The summed E-state index contributed by atoms with van der Waals surface area (Å²) >= 11 is 0. The predicted molar refractivity (Wildman–Crippen MR) is 52.7 cm³/mol. The van der Waals surface area contributed by atoms with Crippen molar-refractivity contribution < 1.29 is 0 Å². The molecule has 0 aromatic rings. The van der Waals surface area contributed by atoms with Crippen molar-refractivity contribution in [2.45, 2.75) is 53.9 Å². The first kappa shape index (κ1) is 10.7. The molecule has 0 N–H and O–H groups in total. The maximum absolute atomic E-state index is 2.34. The van der Waals surface area contributed by atoms with Gasteiger partial charge in [0.1, 0.15) is 0 Å². The van der Waals surface area contributed by atoms with E-state index in [9.17, 15) is 0 Å². The van der Waals surface area contributed by atoms with Gasteiger partial charge in [0, 0.05) is 0 Å². The van der Waals surface area contributed by atoms with Gasteiger partial charge in [0.25, 0.3) is 0 Å². The van der Waals surface area contributed by atoms with Crippen LogP contribution in [0.2, 0.25) is 0 Å². The molecule has 0 nitrogen and oxygen atoms in total. The second-order valence-electron chi connectivity index (χ2n) is 3.88. The zero-order chi connectivity index (χ0) is 8.85. The van der Waals surface area contributed by atoms with Crippen LogP contribution in [0, 0.1) is 5.92 Å². The van der Waals surface area contributed by atoms with Crippen LogP contribution in [0.25, 0.3) is 0 Å². The highest BCUT2D eigenvalue weighted by Gasteiger charge is 2.01. The van der Waals surface area contributed by atoms with Gasteiger partial charge < -0.3 is 0 Å². The van der Waals surface area contributed by atoms with E-state index in [0.717, 1.165) is 5.92 Å². The van der Waals surface area contributed by atoms with E-state index in [0.29, 0.717) is 0 Å². The average Bonchev–Trinajstić information content (AvgIpc) is 1.87. The molecule has 0 fully saturated rings. The van der Waals surface area contributed by atoms with Gasteiger partial charge in [-0.15, -0.1) is 0 Å². The molecule has 0 radical (unpaired) electrons. The fraction of sp³-hybridized carbons (Fsp3) is 0.818. The Labute approximate surface area is 71.7 Å². The van der Waals surface area contributed by atoms with Crippen molar-refractivity contribution in [2.24, 2.45) is 5.92 Å². The molecule has 0 spiro atoms. The maximum Gasteiger partial charge on any atom is -0.0295 e. The Morgan fingerprint density at radius 2 is 1.73 bits per heavy atom. The average molecular weight is 154 g/mol. The number of hydrogen-bond acceptors (Lipinski definition) is 0. The summed E-state index contributed by atoms with van der Waals surface area (Å²) in [7, 11) is 0. The first-order valence-corrected chi connectivity index (χ1v) is 4.70. The molecule has 66 valence electrons. The Balaban J connectivity index is 3.75. The smallest absolute Gasteiger partial charge is 0.0295 e. The van der Waals surface area contributed by atoms with E-state index in [1.54, 1.807) is 5.57 Å². The zero-order valence-electron chi connectivity index (χ0n) is 8.70. The summed E-state index contributed by atoms with van der Waals surface area (Å²) in [6.07, 6.45) is 3.97. The lowest BCUT2D eigenvalue weighted by Gasteiger charge is -2.11. The van der Waals surface area contributed by atoms with Crippen molar-refractivity contribution in [1.82, 2.24) is 0 Å². The van der Waals surface area contributed by atoms with Crippen LogP contribution in [0.3, 0.4) is 0 Å². The number of allylic oxidation sites excluding steroid dienone is 2. The summed E-state index contributed by atoms with van der Waals surface area (Å²) in [6, 6.07) is 0. The molecule has 0 bridgehead atoms. The predicted octanol–water partition coefficient (Wildman–Crippen LogP) is 4.17. The summed E-state index contributed by atoms with van der Waals surface area (Å²) in [5.41, 5.74) is 3.07. The van der Waals surface area contributed by atoms with Crippen molar-refractivity contribution in [3.8, 4) is 0 Å². The van der Waals surface area contributed by atoms with E-state index < -0.39 is 0 Å². The van der Waals surface area contributed by atoms with Crippen LogP contribution in [0.4, 0.5) is 0 Å². The molecule has 11 heavy (non-hydrogen) atoms. The minimum atomic E-state index is 0.870. The molecular weight excluding hydrogens is 132 g/mol. The van der Waals surface area contributed by atoms with Crippen LogP contribution in [0.15, 0.2) is 11.1 Å². The second-order valence-corrected chi connectivity index (χ2v) is 3.88. The van der Waals surface area contributed by atoms with Gasteiger partial charge in [-0.3, -0.25) is 0 Å². The molecule has 0 amide bonds. The monoisotopic (exact) mass is 154 g/mol. The molecule has 1 unspecified atom stereocenters. The Bertz CT molecular complexity index is 127. The lowest BCUT2D eigenvalue weighted by Crippen LogP contribution is -1.95. The third kappa shape index (κ3) is 5.06. The summed E-state index contributed by atoms with van der Waals surface area (Å²) in [6.45, 7) is 11.3. The van der Waals surface area contributed by atoms with E-state index >= 15 is 0 Å². The molecule has 0 aromatic heterocycles. The molecule has 0 saturated heterocycles. The van der Waals surface area contributed by atoms with Crippen LogP contribution in [0.1, 0.15) is 53.9 Å². The Kier molecular flexibility index (Phi) is 5.27. The Morgan fingerprint density at radius 3 is 2.09 bits per heavy atom. The minimum absolute atomic E-state index is 0.870.